The maximum Gasteiger partial charge on any atom is 0.222 e. The van der Waals surface area contributed by atoms with Gasteiger partial charge in [-0.15, -0.1) is 24.8 Å². The quantitative estimate of drug-likeness (QED) is 0.680. The van der Waals surface area contributed by atoms with E-state index < -0.39 is 0 Å². The summed E-state index contributed by atoms with van der Waals surface area (Å²) in [7, 11) is 1.58. The Bertz CT molecular complexity index is 504. The number of halogens is 3. The number of carbonyl (C=O) groups is 1. The third-order valence-corrected chi connectivity index (χ3v) is 4.55. The van der Waals surface area contributed by atoms with Crippen molar-refractivity contribution in [2.45, 2.75) is 18.9 Å². The number of rotatable bonds is 7. The number of hydrogen-bond donors (Lipinski definition) is 2. The Labute approximate surface area is 164 Å². The Kier molecular flexibility index (Phi) is 11.7. The van der Waals surface area contributed by atoms with Crippen LogP contribution in [0.5, 0.6) is 0 Å². The lowest BCUT2D eigenvalue weighted by Gasteiger charge is -2.19. The lowest BCUT2D eigenvalue weighted by Crippen LogP contribution is -2.35. The molecule has 1 fully saturated rings. The van der Waals surface area contributed by atoms with Crippen molar-refractivity contribution in [3.63, 3.8) is 0 Å². The second-order valence-corrected chi connectivity index (χ2v) is 6.60. The Morgan fingerprint density at radius 3 is 2.88 bits per heavy atom. The molecule has 1 amide bonds. The van der Waals surface area contributed by atoms with Crippen molar-refractivity contribution in [3.05, 3.63) is 28.7 Å². The van der Waals surface area contributed by atoms with Crippen molar-refractivity contribution in [1.82, 2.24) is 5.32 Å². The molecule has 2 atom stereocenters. The highest BCUT2D eigenvalue weighted by Gasteiger charge is 2.23. The molecule has 2 rings (SSSR count). The van der Waals surface area contributed by atoms with Crippen molar-refractivity contribution in [1.29, 1.82) is 0 Å². The zero-order valence-electron chi connectivity index (χ0n) is 13.7. The zero-order valence-corrected chi connectivity index (χ0v) is 17.0. The minimum atomic E-state index is -0.193. The zero-order chi connectivity index (χ0) is 15.9. The number of nitrogens with one attached hydrogen (secondary N) is 1. The van der Waals surface area contributed by atoms with Crippen LogP contribution in [0.1, 0.15) is 12.8 Å². The maximum atomic E-state index is 11.9. The summed E-state index contributed by atoms with van der Waals surface area (Å²) in [5.74, 6) is 0.500. The average Bonchev–Trinajstić information content (AvgIpc) is 2.99. The smallest absolute Gasteiger partial charge is 0.222 e. The van der Waals surface area contributed by atoms with E-state index in [1.54, 1.807) is 7.11 Å². The Hall–Kier alpha value is -0.530. The molecule has 5 nitrogen and oxygen atoms in total. The molecule has 1 saturated heterocycles. The number of nitrogens with zero attached hydrogens (tertiary/aromatic N) is 1. The van der Waals surface area contributed by atoms with Crippen molar-refractivity contribution in [3.8, 4) is 0 Å². The summed E-state index contributed by atoms with van der Waals surface area (Å²) in [4.78, 5) is 14.2. The molecule has 24 heavy (non-hydrogen) atoms. The van der Waals surface area contributed by atoms with Crippen LogP contribution in [0.25, 0.3) is 0 Å². The summed E-state index contributed by atoms with van der Waals surface area (Å²) in [6, 6.07) is 8.33. The van der Waals surface area contributed by atoms with Gasteiger partial charge in [0.05, 0.1) is 12.5 Å². The molecule has 0 aliphatic carbocycles. The van der Waals surface area contributed by atoms with Gasteiger partial charge in [-0.25, -0.2) is 0 Å². The normalized spacial score (nSPS) is 17.6. The Balaban J connectivity index is 0.00000264. The van der Waals surface area contributed by atoms with Crippen LogP contribution in [-0.4, -0.2) is 45.3 Å². The van der Waals surface area contributed by atoms with E-state index in [-0.39, 0.29) is 36.8 Å². The number of carbonyl (C=O) groups excluding carboxylic acids is 1. The maximum absolute atomic E-state index is 11.9. The fraction of sp³-hybridized carbons (Fsp3) is 0.562. The highest BCUT2D eigenvalue weighted by molar-refractivity contribution is 9.10. The third-order valence-electron chi connectivity index (χ3n) is 4.06. The van der Waals surface area contributed by atoms with Crippen LogP contribution in [0, 0.1) is 5.92 Å². The fourth-order valence-corrected chi connectivity index (χ4v) is 3.09. The highest BCUT2D eigenvalue weighted by Crippen LogP contribution is 2.25. The minimum Gasteiger partial charge on any atom is -0.380 e. The minimum absolute atomic E-state index is 0. The van der Waals surface area contributed by atoms with Gasteiger partial charge in [0.2, 0.25) is 5.91 Å². The number of amides is 1. The summed E-state index contributed by atoms with van der Waals surface area (Å²) in [6.45, 7) is 3.08. The molecule has 8 heteroatoms. The number of nitrogens with two attached hydrogens (primary N) is 1. The van der Waals surface area contributed by atoms with Gasteiger partial charge in [-0.3, -0.25) is 4.79 Å². The molecular formula is C16H26BrCl2N3O2. The van der Waals surface area contributed by atoms with Crippen molar-refractivity contribution >= 4 is 52.3 Å². The lowest BCUT2D eigenvalue weighted by atomic mass is 10.1. The van der Waals surface area contributed by atoms with Crippen LogP contribution >= 0.6 is 40.7 Å². The number of benzene rings is 1. The molecule has 0 aromatic heterocycles. The molecular weight excluding hydrogens is 417 g/mol. The van der Waals surface area contributed by atoms with Gasteiger partial charge in [0.15, 0.2) is 0 Å². The highest BCUT2D eigenvalue weighted by atomic mass is 79.9. The van der Waals surface area contributed by atoms with Gasteiger partial charge in [-0.1, -0.05) is 22.0 Å². The summed E-state index contributed by atoms with van der Waals surface area (Å²) < 4.78 is 6.22. The van der Waals surface area contributed by atoms with E-state index >= 15 is 0 Å². The van der Waals surface area contributed by atoms with Gasteiger partial charge in [0.1, 0.15) is 0 Å². The second kappa shape index (κ2) is 11.9. The first-order valence-electron chi connectivity index (χ1n) is 7.62. The first kappa shape index (κ1) is 23.5. The van der Waals surface area contributed by atoms with Crippen LogP contribution in [0.15, 0.2) is 28.7 Å². The van der Waals surface area contributed by atoms with Crippen LogP contribution < -0.4 is 16.0 Å². The fourth-order valence-electron chi connectivity index (χ4n) is 2.71. The van der Waals surface area contributed by atoms with Gasteiger partial charge >= 0.3 is 0 Å². The molecule has 1 aromatic carbocycles. The van der Waals surface area contributed by atoms with Crippen LogP contribution in [-0.2, 0) is 9.53 Å². The molecule has 0 spiro atoms. The molecule has 1 heterocycles. The average molecular weight is 443 g/mol. The molecule has 1 aliphatic rings. The van der Waals surface area contributed by atoms with Gasteiger partial charge < -0.3 is 20.7 Å². The van der Waals surface area contributed by atoms with Gasteiger partial charge in [0.25, 0.3) is 0 Å². The summed E-state index contributed by atoms with van der Waals surface area (Å²) in [6.07, 6.45) is 1.23. The van der Waals surface area contributed by atoms with E-state index in [0.717, 1.165) is 24.0 Å². The SMILES string of the molecule is COC(CN)CC(=O)NCC1CCN(c2cccc(Br)c2)C1.Cl.Cl. The predicted molar refractivity (Wildman–Crippen MR) is 106 cm³/mol. The molecule has 0 bridgehead atoms. The molecule has 2 unspecified atom stereocenters. The number of ether oxygens (including phenoxy) is 1. The van der Waals surface area contributed by atoms with Crippen molar-refractivity contribution in [2.75, 3.05) is 38.2 Å². The van der Waals surface area contributed by atoms with Gasteiger partial charge in [0, 0.05) is 43.4 Å². The summed E-state index contributed by atoms with van der Waals surface area (Å²) >= 11 is 3.50. The van der Waals surface area contributed by atoms with Crippen LogP contribution in [0.3, 0.4) is 0 Å². The predicted octanol–water partition coefficient (Wildman–Crippen LogP) is 2.60. The van der Waals surface area contributed by atoms with Crippen molar-refractivity contribution in [2.24, 2.45) is 11.7 Å². The van der Waals surface area contributed by atoms with E-state index in [0.29, 0.717) is 25.4 Å². The summed E-state index contributed by atoms with van der Waals surface area (Å²) in [5.41, 5.74) is 6.76. The molecule has 1 aliphatic heterocycles. The largest absolute Gasteiger partial charge is 0.380 e. The van der Waals surface area contributed by atoms with Gasteiger partial charge in [-0.2, -0.15) is 0 Å². The third kappa shape index (κ3) is 7.15. The number of anilines is 1. The standard InChI is InChI=1S/C16H24BrN3O2.2ClH/c1-22-15(9-18)8-16(21)19-10-12-5-6-20(11-12)14-4-2-3-13(17)7-14;;/h2-4,7,12,15H,5-6,8-11,18H2,1H3,(H,19,21);2*1H. The van der Waals surface area contributed by atoms with Crippen LogP contribution in [0.2, 0.25) is 0 Å². The summed E-state index contributed by atoms with van der Waals surface area (Å²) in [5, 5.41) is 3.00. The van der Waals surface area contributed by atoms with E-state index in [1.807, 2.05) is 12.1 Å². The van der Waals surface area contributed by atoms with E-state index in [4.69, 9.17) is 10.5 Å². The second-order valence-electron chi connectivity index (χ2n) is 5.68. The molecule has 3 N–H and O–H groups in total. The molecule has 138 valence electrons. The van der Waals surface area contributed by atoms with E-state index in [1.165, 1.54) is 5.69 Å². The molecule has 0 radical (unpaired) electrons. The van der Waals surface area contributed by atoms with Crippen molar-refractivity contribution < 1.29 is 9.53 Å². The first-order valence-corrected chi connectivity index (χ1v) is 8.41. The molecule has 0 saturated carbocycles. The first-order chi connectivity index (χ1) is 10.6. The van der Waals surface area contributed by atoms with Crippen LogP contribution in [0.4, 0.5) is 5.69 Å². The lowest BCUT2D eigenvalue weighted by molar-refractivity contribution is -0.123. The van der Waals surface area contributed by atoms with E-state index in [2.05, 4.69) is 38.3 Å². The van der Waals surface area contributed by atoms with E-state index in [9.17, 15) is 4.79 Å². The van der Waals surface area contributed by atoms with Gasteiger partial charge in [-0.05, 0) is 30.5 Å². The monoisotopic (exact) mass is 441 g/mol. The number of methoxy groups -OCH3 is 1. The number of hydrogen-bond acceptors (Lipinski definition) is 4. The Morgan fingerprint density at radius 1 is 1.50 bits per heavy atom. The topological polar surface area (TPSA) is 67.6 Å². The Morgan fingerprint density at radius 2 is 2.25 bits per heavy atom. The molecule has 1 aromatic rings.